The maximum atomic E-state index is 16.9. The van der Waals surface area contributed by atoms with Crippen molar-refractivity contribution in [3.05, 3.63) is 65.1 Å². The molecule has 1 N–H and O–H groups in total. The number of nitrogens with one attached hydrogen (secondary N) is 1. The van der Waals surface area contributed by atoms with Gasteiger partial charge < -0.3 is 34.2 Å². The maximum absolute atomic E-state index is 16.9. The number of piperidine rings is 2. The van der Waals surface area contributed by atoms with Crippen LogP contribution in [0.15, 0.2) is 36.5 Å². The number of benzene rings is 2. The van der Waals surface area contributed by atoms with E-state index in [1.54, 1.807) is 23.9 Å². The van der Waals surface area contributed by atoms with Crippen LogP contribution >= 0.6 is 0 Å². The van der Waals surface area contributed by atoms with E-state index in [4.69, 9.17) is 40.6 Å². The number of pyridine rings is 1. The van der Waals surface area contributed by atoms with E-state index in [9.17, 15) is 14.0 Å². The highest BCUT2D eigenvalue weighted by atomic mass is 19.1. The number of amides is 2. The van der Waals surface area contributed by atoms with E-state index in [-0.39, 0.29) is 52.3 Å². The predicted octanol–water partition coefficient (Wildman–Crippen LogP) is 8.73. The number of likely N-dealkylation sites (tertiary alicyclic amines) is 1. The van der Waals surface area contributed by atoms with Crippen LogP contribution in [0.4, 0.5) is 25.3 Å². The number of likely N-dealkylation sites (N-methyl/N-ethyl adjacent to an activating group) is 1. The molecular formula is C59H72F2N12O5. The van der Waals surface area contributed by atoms with Gasteiger partial charge in [0.2, 0.25) is 11.9 Å². The number of halogens is 2. The minimum absolute atomic E-state index is 0.00280. The van der Waals surface area contributed by atoms with Crippen LogP contribution in [0.1, 0.15) is 113 Å². The Labute approximate surface area is 454 Å². The van der Waals surface area contributed by atoms with Gasteiger partial charge >= 0.3 is 12.1 Å². The Morgan fingerprint density at radius 3 is 2.44 bits per heavy atom. The molecule has 17 nitrogen and oxygen atoms in total. The van der Waals surface area contributed by atoms with Crippen molar-refractivity contribution in [3.8, 4) is 29.6 Å². The molecule has 5 fully saturated rings. The van der Waals surface area contributed by atoms with Gasteiger partial charge in [0.25, 0.3) is 0 Å². The van der Waals surface area contributed by atoms with Gasteiger partial charge in [0.1, 0.15) is 29.5 Å². The van der Waals surface area contributed by atoms with Gasteiger partial charge in [0.15, 0.2) is 11.5 Å². The lowest BCUT2D eigenvalue weighted by Gasteiger charge is -2.36. The molecule has 0 bridgehead atoms. The van der Waals surface area contributed by atoms with Crippen LogP contribution in [0, 0.1) is 35.8 Å². The zero-order valence-corrected chi connectivity index (χ0v) is 45.5. The molecule has 412 valence electrons. The molecule has 5 saturated heterocycles. The minimum atomic E-state index is -0.585. The first-order valence-electron chi connectivity index (χ1n) is 28.3. The summed E-state index contributed by atoms with van der Waals surface area (Å²) in [6.07, 6.45) is 21.3. The maximum Gasteiger partial charge on any atom is 0.409 e. The molecule has 6 aromatic rings. The second kappa shape index (κ2) is 22.9. The molecule has 19 heteroatoms. The molecule has 10 heterocycles. The van der Waals surface area contributed by atoms with Gasteiger partial charge in [-0.1, -0.05) is 43.5 Å². The molecule has 0 radical (unpaired) electrons. The molecule has 0 saturated carbocycles. The Balaban J connectivity index is 0.000000170. The van der Waals surface area contributed by atoms with E-state index >= 15 is 4.39 Å². The SMILES string of the molecule is C#Cc1c(F)ccc2cccc(-c3nc4c5c(nc(OCC67CCCN6CCC7)nc5c3F)N3CCCOCC3CC4)c12.CCCC(C(=O)NC)c1nn(C)c2nc(N3CCC(CC4CCN(C(=O)OC)CC4)CC3)ncc12. The summed E-state index contributed by atoms with van der Waals surface area (Å²) in [6.45, 7) is 10.2. The van der Waals surface area contributed by atoms with Crippen molar-refractivity contribution < 1.29 is 32.6 Å². The van der Waals surface area contributed by atoms with Crippen LogP contribution in [0.3, 0.4) is 0 Å². The quantitative estimate of drug-likeness (QED) is 0.122. The lowest BCUT2D eigenvalue weighted by molar-refractivity contribution is -0.122. The van der Waals surface area contributed by atoms with E-state index in [1.165, 1.54) is 19.6 Å². The number of nitrogens with zero attached hydrogens (tertiary/aromatic N) is 11. The molecule has 4 aromatic heterocycles. The first-order valence-corrected chi connectivity index (χ1v) is 28.3. The number of aryl methyl sites for hydroxylation is 2. The Kier molecular flexibility index (Phi) is 15.6. The molecule has 78 heavy (non-hydrogen) atoms. The number of terminal acetylenes is 1. The zero-order valence-electron chi connectivity index (χ0n) is 45.5. The number of fused-ring (bicyclic) bond motifs is 5. The number of ether oxygens (including phenoxy) is 3. The van der Waals surface area contributed by atoms with Crippen molar-refractivity contribution in [1.29, 1.82) is 0 Å². The number of methoxy groups -OCH3 is 1. The molecular weight excluding hydrogens is 995 g/mol. The van der Waals surface area contributed by atoms with Crippen LogP contribution in [-0.4, -0.2) is 148 Å². The first-order chi connectivity index (χ1) is 38.0. The Bertz CT molecular complexity index is 3230. The molecule has 2 atom stereocenters. The highest BCUT2D eigenvalue weighted by Crippen LogP contribution is 2.43. The number of carbonyl (C=O) groups is 2. The lowest BCUT2D eigenvalue weighted by atomic mass is 9.83. The Morgan fingerprint density at radius 2 is 1.71 bits per heavy atom. The van der Waals surface area contributed by atoms with Crippen molar-refractivity contribution in [2.75, 3.05) is 89.6 Å². The van der Waals surface area contributed by atoms with Crippen molar-refractivity contribution in [1.82, 2.24) is 49.8 Å². The normalized spacial score (nSPS) is 20.1. The van der Waals surface area contributed by atoms with E-state index in [2.05, 4.69) is 42.9 Å². The summed E-state index contributed by atoms with van der Waals surface area (Å²) < 4.78 is 50.7. The second-order valence-corrected chi connectivity index (χ2v) is 22.2. The van der Waals surface area contributed by atoms with Crippen LogP contribution in [0.5, 0.6) is 6.01 Å². The summed E-state index contributed by atoms with van der Waals surface area (Å²) >= 11 is 0. The summed E-state index contributed by atoms with van der Waals surface area (Å²) in [5.74, 6) is 3.84. The van der Waals surface area contributed by atoms with Crippen molar-refractivity contribution in [2.24, 2.45) is 18.9 Å². The third-order valence-electron chi connectivity index (χ3n) is 17.6. The molecule has 0 spiro atoms. The van der Waals surface area contributed by atoms with Crippen LogP contribution in [-0.2, 0) is 27.7 Å². The molecule has 2 amide bonds. The first kappa shape index (κ1) is 53.2. The summed E-state index contributed by atoms with van der Waals surface area (Å²) in [6, 6.07) is 8.66. The smallest absolute Gasteiger partial charge is 0.409 e. The number of aromatic nitrogens is 7. The number of rotatable bonds is 11. The molecule has 2 aromatic carbocycles. The Morgan fingerprint density at radius 1 is 0.936 bits per heavy atom. The predicted molar refractivity (Wildman–Crippen MR) is 296 cm³/mol. The number of carbonyl (C=O) groups excluding carboxylic acids is 2. The zero-order chi connectivity index (χ0) is 54.1. The van der Waals surface area contributed by atoms with Gasteiger partial charge in [0, 0.05) is 70.6 Å². The lowest BCUT2D eigenvalue weighted by Crippen LogP contribution is -2.43. The number of hydrogen-bond donors (Lipinski definition) is 1. The van der Waals surface area contributed by atoms with E-state index in [1.807, 2.05) is 30.3 Å². The highest BCUT2D eigenvalue weighted by Gasteiger charge is 2.45. The average Bonchev–Trinajstić information content (AvgIpc) is 4.23. The molecule has 6 aliphatic heterocycles. The summed E-state index contributed by atoms with van der Waals surface area (Å²) in [7, 11) is 5.00. The average molecular weight is 1070 g/mol. The van der Waals surface area contributed by atoms with Gasteiger partial charge in [0.05, 0.1) is 58.9 Å². The van der Waals surface area contributed by atoms with Gasteiger partial charge in [-0.3, -0.25) is 9.69 Å². The number of hydrogen-bond acceptors (Lipinski definition) is 14. The fraction of sp³-hybridized carbons (Fsp3) is 0.559. The monoisotopic (exact) mass is 1070 g/mol. The Hall–Kier alpha value is -6.78. The third kappa shape index (κ3) is 10.3. The topological polar surface area (TPSA) is 169 Å². The summed E-state index contributed by atoms with van der Waals surface area (Å²) in [4.78, 5) is 57.2. The summed E-state index contributed by atoms with van der Waals surface area (Å²) in [5, 5.41) is 10.1. The van der Waals surface area contributed by atoms with E-state index < -0.39 is 11.6 Å². The fourth-order valence-corrected chi connectivity index (χ4v) is 13.5. The van der Waals surface area contributed by atoms with Crippen molar-refractivity contribution in [2.45, 2.75) is 114 Å². The highest BCUT2D eigenvalue weighted by molar-refractivity contribution is 6.03. The van der Waals surface area contributed by atoms with Crippen LogP contribution in [0.2, 0.25) is 0 Å². The molecule has 12 rings (SSSR count). The minimum Gasteiger partial charge on any atom is -0.461 e. The van der Waals surface area contributed by atoms with Crippen molar-refractivity contribution in [3.63, 3.8) is 0 Å². The third-order valence-corrected chi connectivity index (χ3v) is 17.6. The largest absolute Gasteiger partial charge is 0.461 e. The van der Waals surface area contributed by atoms with Crippen molar-refractivity contribution >= 4 is 56.5 Å². The van der Waals surface area contributed by atoms with Gasteiger partial charge in [-0.2, -0.15) is 20.1 Å². The van der Waals surface area contributed by atoms with E-state index in [0.29, 0.717) is 71.3 Å². The van der Waals surface area contributed by atoms with Gasteiger partial charge in [-0.25, -0.2) is 28.2 Å². The molecule has 2 unspecified atom stereocenters. The van der Waals surface area contributed by atoms with Crippen LogP contribution < -0.4 is 19.9 Å². The molecule has 6 aliphatic rings. The van der Waals surface area contributed by atoms with Gasteiger partial charge in [-0.15, -0.1) is 6.42 Å². The summed E-state index contributed by atoms with van der Waals surface area (Å²) in [5.41, 5.74) is 3.06. The fourth-order valence-electron chi connectivity index (χ4n) is 13.5. The second-order valence-electron chi connectivity index (χ2n) is 22.2. The number of anilines is 2. The van der Waals surface area contributed by atoms with Crippen LogP contribution in [0.25, 0.3) is 44.0 Å². The molecule has 0 aliphatic carbocycles. The van der Waals surface area contributed by atoms with E-state index in [0.717, 1.165) is 146 Å². The van der Waals surface area contributed by atoms with Gasteiger partial charge in [-0.05, 0) is 120 Å². The standard InChI is InChI=1S/C34H33F2N5O2.C25H39N7O3/c1-2-23-25(35)11-9-21-7-3-8-24(27(21)23)30-29(36)31-28-26(37-30)12-10-22-19-42-18-6-17-41(22)32(28)39-33(38-31)43-20-34-13-4-15-40(34)16-5-14-34;1-5-6-19(23(33)26-2)21-20-16-27-24(28-22(20)30(3)29-21)31-11-7-17(8-12-31)15-18-9-13-32(14-10-18)25(34)35-4/h1,3,7-9,11,22H,4-6,10,12-20H2;16-19H,5-15H2,1-4H3,(H,26,33).